The van der Waals surface area contributed by atoms with Crippen molar-refractivity contribution < 1.29 is 9.59 Å². The van der Waals surface area contributed by atoms with Crippen molar-refractivity contribution in [3.8, 4) is 0 Å². The summed E-state index contributed by atoms with van der Waals surface area (Å²) in [7, 11) is 0. The Morgan fingerprint density at radius 1 is 1.13 bits per heavy atom. The largest absolute Gasteiger partial charge is 0.341 e. The maximum absolute atomic E-state index is 13.4. The summed E-state index contributed by atoms with van der Waals surface area (Å²) in [5, 5.41) is 0. The Labute approximate surface area is 180 Å². The molecule has 1 aromatic heterocycles. The highest BCUT2D eigenvalue weighted by molar-refractivity contribution is 5.82. The number of nitrogens with zero attached hydrogens (tertiary/aromatic N) is 4. The normalized spacial score (nSPS) is 16.8. The summed E-state index contributed by atoms with van der Waals surface area (Å²) < 4.78 is 2.05. The molecule has 0 unspecified atom stereocenters. The van der Waals surface area contributed by atoms with E-state index in [1.165, 1.54) is 0 Å². The van der Waals surface area contributed by atoms with Gasteiger partial charge in [0.2, 0.25) is 11.8 Å². The number of rotatable bonds is 8. The van der Waals surface area contributed by atoms with Gasteiger partial charge in [-0.15, -0.1) is 0 Å². The molecule has 0 bridgehead atoms. The van der Waals surface area contributed by atoms with Crippen LogP contribution in [0.4, 0.5) is 0 Å². The van der Waals surface area contributed by atoms with E-state index in [4.69, 9.17) is 4.98 Å². The molecular formula is C24H36N4O2. The molecule has 0 N–H and O–H groups in total. The molecule has 0 spiro atoms. The Hall–Kier alpha value is -2.37. The molecule has 0 saturated carbocycles. The number of aromatic nitrogens is 2. The quantitative estimate of drug-likeness (QED) is 0.651. The van der Waals surface area contributed by atoms with E-state index in [0.717, 1.165) is 49.3 Å². The Balaban J connectivity index is 1.97. The minimum Gasteiger partial charge on any atom is -0.341 e. The minimum atomic E-state index is -0.0544. The van der Waals surface area contributed by atoms with Crippen LogP contribution in [0.15, 0.2) is 24.3 Å². The maximum atomic E-state index is 13.4. The number of fused-ring (bicyclic) bond motifs is 1. The van der Waals surface area contributed by atoms with Gasteiger partial charge < -0.3 is 14.4 Å². The summed E-state index contributed by atoms with van der Waals surface area (Å²) in [5.74, 6) is 1.95. The molecule has 1 aliphatic rings. The van der Waals surface area contributed by atoms with Crippen LogP contribution >= 0.6 is 0 Å². The molecule has 1 atom stereocenters. The average Bonchev–Trinajstić information content (AvgIpc) is 3.31. The smallest absolute Gasteiger partial charge is 0.242 e. The molecular weight excluding hydrogens is 376 g/mol. The Morgan fingerprint density at radius 2 is 1.80 bits per heavy atom. The number of hydrogen-bond acceptors (Lipinski definition) is 3. The Morgan fingerprint density at radius 3 is 2.43 bits per heavy atom. The van der Waals surface area contributed by atoms with Gasteiger partial charge in [-0.3, -0.25) is 9.59 Å². The van der Waals surface area contributed by atoms with Gasteiger partial charge in [0, 0.05) is 26.1 Å². The van der Waals surface area contributed by atoms with Gasteiger partial charge in [0.1, 0.15) is 12.4 Å². The highest BCUT2D eigenvalue weighted by atomic mass is 16.2. The van der Waals surface area contributed by atoms with E-state index in [-0.39, 0.29) is 24.4 Å². The molecule has 2 amide bonds. The van der Waals surface area contributed by atoms with Gasteiger partial charge in [-0.2, -0.15) is 0 Å². The highest BCUT2D eigenvalue weighted by Gasteiger charge is 2.33. The second-order valence-electron chi connectivity index (χ2n) is 9.23. The maximum Gasteiger partial charge on any atom is 0.242 e. The van der Waals surface area contributed by atoms with Gasteiger partial charge in [-0.1, -0.05) is 46.8 Å². The number of amides is 2. The van der Waals surface area contributed by atoms with Crippen LogP contribution in [0.3, 0.4) is 0 Å². The monoisotopic (exact) mass is 412 g/mol. The van der Waals surface area contributed by atoms with Crippen molar-refractivity contribution in [2.75, 3.05) is 19.6 Å². The number of carbonyl (C=O) groups is 2. The summed E-state index contributed by atoms with van der Waals surface area (Å²) in [4.78, 5) is 34.7. The van der Waals surface area contributed by atoms with E-state index in [2.05, 4.69) is 32.3 Å². The predicted molar refractivity (Wildman–Crippen MR) is 120 cm³/mol. The Kier molecular flexibility index (Phi) is 7.16. The number of likely N-dealkylation sites (tertiary alicyclic amines) is 1. The van der Waals surface area contributed by atoms with Crippen molar-refractivity contribution in [3.05, 3.63) is 30.1 Å². The van der Waals surface area contributed by atoms with Gasteiger partial charge in [0.15, 0.2) is 0 Å². The summed E-state index contributed by atoms with van der Waals surface area (Å²) in [5.41, 5.74) is 1.85. The lowest BCUT2D eigenvalue weighted by molar-refractivity contribution is -0.132. The van der Waals surface area contributed by atoms with E-state index in [9.17, 15) is 9.59 Å². The van der Waals surface area contributed by atoms with Crippen LogP contribution in [0.1, 0.15) is 65.7 Å². The second kappa shape index (κ2) is 9.63. The van der Waals surface area contributed by atoms with Crippen LogP contribution in [-0.4, -0.2) is 50.8 Å². The van der Waals surface area contributed by atoms with Crippen molar-refractivity contribution >= 4 is 22.8 Å². The summed E-state index contributed by atoms with van der Waals surface area (Å²) >= 11 is 0. The second-order valence-corrected chi connectivity index (χ2v) is 9.23. The molecule has 6 heteroatoms. The van der Waals surface area contributed by atoms with Gasteiger partial charge in [-0.05, 0) is 36.8 Å². The molecule has 0 aliphatic carbocycles. The van der Waals surface area contributed by atoms with Crippen LogP contribution in [0.5, 0.6) is 0 Å². The van der Waals surface area contributed by atoms with Gasteiger partial charge in [0.25, 0.3) is 0 Å². The fourth-order valence-corrected chi connectivity index (χ4v) is 4.45. The lowest BCUT2D eigenvalue weighted by Gasteiger charge is -2.28. The van der Waals surface area contributed by atoms with E-state index in [1.807, 2.05) is 41.0 Å². The van der Waals surface area contributed by atoms with E-state index < -0.39 is 0 Å². The summed E-state index contributed by atoms with van der Waals surface area (Å²) in [6.07, 6.45) is 2.36. The fraction of sp³-hybridized carbons (Fsp3) is 0.625. The first-order chi connectivity index (χ1) is 14.3. The van der Waals surface area contributed by atoms with Crippen molar-refractivity contribution in [2.24, 2.45) is 11.8 Å². The zero-order valence-corrected chi connectivity index (χ0v) is 19.1. The van der Waals surface area contributed by atoms with Gasteiger partial charge in [0.05, 0.1) is 17.1 Å². The van der Waals surface area contributed by atoms with Crippen LogP contribution in [0.2, 0.25) is 0 Å². The molecule has 1 fully saturated rings. The zero-order chi connectivity index (χ0) is 21.8. The standard InChI is InChI=1S/C24H36N4O2/c1-6-22(29)27-13-9-12-21(27)24-25-19-10-7-8-11-20(19)28(24)16-23(30)26(14-17(2)3)15-18(4)5/h7-8,10-11,17-18,21H,6,9,12-16H2,1-5H3/t21-/m1/s1. The van der Waals surface area contributed by atoms with Crippen LogP contribution in [0, 0.1) is 11.8 Å². The lowest BCUT2D eigenvalue weighted by Crippen LogP contribution is -2.39. The predicted octanol–water partition coefficient (Wildman–Crippen LogP) is 4.25. The fourth-order valence-electron chi connectivity index (χ4n) is 4.45. The van der Waals surface area contributed by atoms with Gasteiger partial charge >= 0.3 is 0 Å². The third-order valence-electron chi connectivity index (χ3n) is 5.67. The minimum absolute atomic E-state index is 0.0544. The molecule has 1 aliphatic heterocycles. The van der Waals surface area contributed by atoms with Crippen LogP contribution < -0.4 is 0 Å². The molecule has 0 radical (unpaired) electrons. The molecule has 3 rings (SSSR count). The average molecular weight is 413 g/mol. The third kappa shape index (κ3) is 4.85. The first kappa shape index (κ1) is 22.3. The summed E-state index contributed by atoms with van der Waals surface area (Å²) in [6, 6.07) is 7.91. The molecule has 1 saturated heterocycles. The first-order valence-electron chi connectivity index (χ1n) is 11.3. The topological polar surface area (TPSA) is 58.4 Å². The molecule has 2 heterocycles. The number of hydrogen-bond donors (Lipinski definition) is 0. The SMILES string of the molecule is CCC(=O)N1CCC[C@@H]1c1nc2ccccc2n1CC(=O)N(CC(C)C)CC(C)C. The van der Waals surface area contributed by atoms with Crippen molar-refractivity contribution in [1.82, 2.24) is 19.4 Å². The van der Waals surface area contributed by atoms with Gasteiger partial charge in [-0.25, -0.2) is 4.98 Å². The molecule has 6 nitrogen and oxygen atoms in total. The van der Waals surface area contributed by atoms with Crippen LogP contribution in [0.25, 0.3) is 11.0 Å². The molecule has 2 aromatic rings. The van der Waals surface area contributed by atoms with Crippen molar-refractivity contribution in [3.63, 3.8) is 0 Å². The highest BCUT2D eigenvalue weighted by Crippen LogP contribution is 2.34. The Bertz CT molecular complexity index is 876. The molecule has 1 aromatic carbocycles. The van der Waals surface area contributed by atoms with E-state index in [0.29, 0.717) is 18.3 Å². The van der Waals surface area contributed by atoms with Crippen LogP contribution in [-0.2, 0) is 16.1 Å². The number of imidazole rings is 1. The molecule has 30 heavy (non-hydrogen) atoms. The van der Waals surface area contributed by atoms with Crippen molar-refractivity contribution in [2.45, 2.75) is 66.5 Å². The van der Waals surface area contributed by atoms with E-state index >= 15 is 0 Å². The molecule has 164 valence electrons. The van der Waals surface area contributed by atoms with Crippen molar-refractivity contribution in [1.29, 1.82) is 0 Å². The third-order valence-corrected chi connectivity index (χ3v) is 5.67. The lowest BCUT2D eigenvalue weighted by atomic mass is 10.1. The summed E-state index contributed by atoms with van der Waals surface area (Å²) in [6.45, 7) is 13.0. The number of para-hydroxylation sites is 2. The number of benzene rings is 1. The first-order valence-corrected chi connectivity index (χ1v) is 11.3. The number of carbonyl (C=O) groups excluding carboxylic acids is 2. The van der Waals surface area contributed by atoms with E-state index in [1.54, 1.807) is 0 Å². The zero-order valence-electron chi connectivity index (χ0n) is 19.1.